The van der Waals surface area contributed by atoms with Crippen LogP contribution in [0.15, 0.2) is 66.7 Å². The molecule has 1 aliphatic rings. The molecule has 0 nitrogen and oxygen atoms in total. The van der Waals surface area contributed by atoms with E-state index in [0.717, 1.165) is 24.0 Å². The van der Waals surface area contributed by atoms with E-state index in [1.54, 1.807) is 0 Å². The van der Waals surface area contributed by atoms with Gasteiger partial charge in [0, 0.05) is 11.5 Å². The summed E-state index contributed by atoms with van der Waals surface area (Å²) in [5, 5.41) is 0. The third-order valence-corrected chi connectivity index (χ3v) is 5.82. The molecule has 1 aliphatic carbocycles. The van der Waals surface area contributed by atoms with E-state index in [0.29, 0.717) is 5.56 Å². The summed E-state index contributed by atoms with van der Waals surface area (Å²) in [6.45, 7) is 7.91. The van der Waals surface area contributed by atoms with Crippen LogP contribution in [0.4, 0.5) is 8.78 Å². The first-order valence-electron chi connectivity index (χ1n) is 10.7. The molecule has 0 bridgehead atoms. The van der Waals surface area contributed by atoms with E-state index in [9.17, 15) is 0 Å². The Hall–Kier alpha value is -2.48. The van der Waals surface area contributed by atoms with Crippen molar-refractivity contribution in [1.82, 2.24) is 0 Å². The van der Waals surface area contributed by atoms with Crippen molar-refractivity contribution in [2.75, 3.05) is 0 Å². The summed E-state index contributed by atoms with van der Waals surface area (Å²) in [5.41, 5.74) is 4.30. The van der Waals surface area contributed by atoms with Gasteiger partial charge in [0.2, 0.25) is 0 Å². The van der Waals surface area contributed by atoms with Gasteiger partial charge in [-0.25, -0.2) is 8.78 Å². The van der Waals surface area contributed by atoms with Crippen molar-refractivity contribution in [3.05, 3.63) is 106 Å². The first kappa shape index (κ1) is 21.2. The number of fused-ring (bicyclic) bond motifs is 1. The van der Waals surface area contributed by atoms with Crippen molar-refractivity contribution in [3.63, 3.8) is 0 Å². The van der Waals surface area contributed by atoms with Gasteiger partial charge in [-0.15, -0.1) is 0 Å². The first-order chi connectivity index (χ1) is 14.1. The van der Waals surface area contributed by atoms with Crippen LogP contribution in [0.2, 0.25) is 0 Å². The van der Waals surface area contributed by atoms with Crippen LogP contribution in [0.3, 0.4) is 0 Å². The average Bonchev–Trinajstić information content (AvgIpc) is 2.75. The van der Waals surface area contributed by atoms with E-state index in [4.69, 9.17) is 0 Å². The van der Waals surface area contributed by atoms with E-state index < -0.39 is 11.6 Å². The molecule has 0 aliphatic heterocycles. The van der Waals surface area contributed by atoms with Crippen LogP contribution in [0.1, 0.15) is 79.7 Å². The summed E-state index contributed by atoms with van der Waals surface area (Å²) in [6.07, 6.45) is 1.82. The Morgan fingerprint density at radius 3 is 2.03 bits per heavy atom. The van der Waals surface area contributed by atoms with E-state index in [1.165, 1.54) is 17.7 Å². The van der Waals surface area contributed by atoms with Crippen LogP contribution in [0.25, 0.3) is 0 Å². The minimum atomic E-state index is -0.429. The Kier molecular flexibility index (Phi) is 6.84. The van der Waals surface area contributed by atoms with Crippen LogP contribution >= 0.6 is 0 Å². The quantitative estimate of drug-likeness (QED) is 0.424. The van der Waals surface area contributed by atoms with Crippen molar-refractivity contribution in [3.8, 4) is 0 Å². The second kappa shape index (κ2) is 9.35. The van der Waals surface area contributed by atoms with Crippen molar-refractivity contribution < 1.29 is 8.78 Å². The van der Waals surface area contributed by atoms with Crippen LogP contribution in [-0.2, 0) is 6.42 Å². The van der Waals surface area contributed by atoms with Crippen molar-refractivity contribution in [2.24, 2.45) is 0 Å². The summed E-state index contributed by atoms with van der Waals surface area (Å²) in [6, 6.07) is 21.3. The largest absolute Gasteiger partial charge is 0.207 e. The monoisotopic (exact) mass is 392 g/mol. The molecule has 2 heteroatoms. The Balaban J connectivity index is 0.00000117. The fourth-order valence-corrected chi connectivity index (χ4v) is 4.41. The lowest BCUT2D eigenvalue weighted by atomic mass is 9.69. The van der Waals surface area contributed by atoms with Gasteiger partial charge >= 0.3 is 0 Å². The third kappa shape index (κ3) is 4.27. The van der Waals surface area contributed by atoms with Gasteiger partial charge in [0.1, 0.15) is 11.6 Å². The molecule has 0 aromatic heterocycles. The van der Waals surface area contributed by atoms with Gasteiger partial charge in [-0.2, -0.15) is 0 Å². The second-order valence-corrected chi connectivity index (χ2v) is 7.79. The molecule has 2 atom stereocenters. The van der Waals surface area contributed by atoms with Gasteiger partial charge in [0.15, 0.2) is 0 Å². The lowest BCUT2D eigenvalue weighted by Gasteiger charge is -2.35. The fourth-order valence-electron chi connectivity index (χ4n) is 4.41. The first-order valence-corrected chi connectivity index (χ1v) is 10.7. The molecular formula is C27H30F2. The van der Waals surface area contributed by atoms with Gasteiger partial charge in [-0.3, -0.25) is 0 Å². The van der Waals surface area contributed by atoms with Crippen LogP contribution in [0, 0.1) is 11.6 Å². The summed E-state index contributed by atoms with van der Waals surface area (Å²) in [4.78, 5) is 0. The number of hydrogen-bond acceptors (Lipinski definition) is 0. The fraction of sp³-hybridized carbons (Fsp3) is 0.333. The standard InChI is InChI=1S/C25H24F2.C2H6/c1-16(2)19-14-22(26)25(23(27)15-19)24-20-11-7-6-10-18(20)12-13-21(24)17-8-4-3-5-9-17;1-2/h3-11,14-16,21,24H,12-13H2,1-2H3;1-2H3. The van der Waals surface area contributed by atoms with Gasteiger partial charge in [-0.1, -0.05) is 82.3 Å². The van der Waals surface area contributed by atoms with Crippen molar-refractivity contribution >= 4 is 0 Å². The Morgan fingerprint density at radius 2 is 1.41 bits per heavy atom. The molecule has 0 N–H and O–H groups in total. The highest BCUT2D eigenvalue weighted by molar-refractivity contribution is 5.46. The van der Waals surface area contributed by atoms with Crippen molar-refractivity contribution in [1.29, 1.82) is 0 Å². The summed E-state index contributed by atoms with van der Waals surface area (Å²) >= 11 is 0. The molecule has 0 amide bonds. The molecule has 0 fully saturated rings. The minimum absolute atomic E-state index is 0.0648. The zero-order valence-corrected chi connectivity index (χ0v) is 17.8. The van der Waals surface area contributed by atoms with E-state index >= 15 is 8.78 Å². The molecule has 0 heterocycles. The number of aryl methyl sites for hydroxylation is 1. The van der Waals surface area contributed by atoms with Crippen LogP contribution in [-0.4, -0.2) is 0 Å². The number of halogens is 2. The number of hydrogen-bond donors (Lipinski definition) is 0. The van der Waals surface area contributed by atoms with Gasteiger partial charge in [0.25, 0.3) is 0 Å². The maximum atomic E-state index is 15.2. The second-order valence-electron chi connectivity index (χ2n) is 7.79. The molecule has 0 saturated heterocycles. The lowest BCUT2D eigenvalue weighted by Crippen LogP contribution is -2.22. The molecule has 3 aromatic rings. The molecule has 29 heavy (non-hydrogen) atoms. The third-order valence-electron chi connectivity index (χ3n) is 5.82. The zero-order chi connectivity index (χ0) is 21.0. The van der Waals surface area contributed by atoms with E-state index in [2.05, 4.69) is 18.2 Å². The Bertz CT molecular complexity index is 921. The molecule has 0 radical (unpaired) electrons. The summed E-state index contributed by atoms with van der Waals surface area (Å²) in [7, 11) is 0. The highest BCUT2D eigenvalue weighted by Gasteiger charge is 2.35. The predicted molar refractivity (Wildman–Crippen MR) is 118 cm³/mol. The molecule has 2 unspecified atom stereocenters. The topological polar surface area (TPSA) is 0 Å². The molecule has 0 spiro atoms. The average molecular weight is 393 g/mol. The Labute approximate surface area is 173 Å². The van der Waals surface area contributed by atoms with Gasteiger partial charge in [0.05, 0.1) is 0 Å². The molecule has 4 rings (SSSR count). The molecule has 152 valence electrons. The summed E-state index contributed by atoms with van der Waals surface area (Å²) < 4.78 is 30.4. The highest BCUT2D eigenvalue weighted by Crippen LogP contribution is 2.47. The Morgan fingerprint density at radius 1 is 0.828 bits per heavy atom. The highest BCUT2D eigenvalue weighted by atomic mass is 19.1. The zero-order valence-electron chi connectivity index (χ0n) is 17.8. The van der Waals surface area contributed by atoms with E-state index in [1.807, 2.05) is 64.1 Å². The molecule has 3 aromatic carbocycles. The van der Waals surface area contributed by atoms with Gasteiger partial charge in [-0.05, 0) is 59.1 Å². The normalized spacial score (nSPS) is 18.0. The smallest absolute Gasteiger partial charge is 0.130 e. The number of rotatable bonds is 3. The van der Waals surface area contributed by atoms with Crippen LogP contribution < -0.4 is 0 Å². The number of benzene rings is 3. The minimum Gasteiger partial charge on any atom is -0.207 e. The van der Waals surface area contributed by atoms with E-state index in [-0.39, 0.29) is 23.3 Å². The maximum absolute atomic E-state index is 15.2. The van der Waals surface area contributed by atoms with Crippen LogP contribution in [0.5, 0.6) is 0 Å². The molecular weight excluding hydrogens is 362 g/mol. The predicted octanol–water partition coefficient (Wildman–Crippen LogP) is 7.98. The SMILES string of the molecule is CC.CC(C)c1cc(F)c(C2c3ccccc3CCC2c2ccccc2)c(F)c1. The van der Waals surface area contributed by atoms with Gasteiger partial charge < -0.3 is 0 Å². The molecule has 0 saturated carbocycles. The van der Waals surface area contributed by atoms with Crippen molar-refractivity contribution in [2.45, 2.75) is 58.3 Å². The summed E-state index contributed by atoms with van der Waals surface area (Å²) in [5.74, 6) is -1.01. The lowest BCUT2D eigenvalue weighted by molar-refractivity contribution is 0.469. The maximum Gasteiger partial charge on any atom is 0.130 e.